The van der Waals surface area contributed by atoms with Gasteiger partial charge in [-0.05, 0) is 20.5 Å². The van der Waals surface area contributed by atoms with Gasteiger partial charge in [0, 0.05) is 12.6 Å². The summed E-state index contributed by atoms with van der Waals surface area (Å²) in [5.41, 5.74) is -0.187. The van der Waals surface area contributed by atoms with E-state index in [2.05, 4.69) is 15.3 Å². The van der Waals surface area contributed by atoms with Crippen molar-refractivity contribution >= 4 is 5.91 Å². The van der Waals surface area contributed by atoms with E-state index in [1.165, 1.54) is 6.20 Å². The lowest BCUT2D eigenvalue weighted by Gasteiger charge is -2.20. The van der Waals surface area contributed by atoms with Crippen LogP contribution in [-0.2, 0) is 0 Å². The number of H-pyrrole nitrogens is 1. The van der Waals surface area contributed by atoms with Crippen LogP contribution in [0.25, 0.3) is 0 Å². The molecule has 0 saturated heterocycles. The quantitative estimate of drug-likeness (QED) is 0.747. The van der Waals surface area contributed by atoms with Crippen LogP contribution < -0.4 is 10.9 Å². The maximum absolute atomic E-state index is 11.8. The molecule has 1 heterocycles. The van der Waals surface area contributed by atoms with Crippen molar-refractivity contribution in [2.24, 2.45) is 0 Å². The molecule has 0 aliphatic carbocycles. The van der Waals surface area contributed by atoms with Crippen LogP contribution in [0.1, 0.15) is 23.8 Å². The van der Waals surface area contributed by atoms with Crippen LogP contribution in [0.2, 0.25) is 0 Å². The number of rotatable bonds is 5. The van der Waals surface area contributed by atoms with Crippen molar-refractivity contribution in [1.82, 2.24) is 20.2 Å². The number of carbonyl (C=O) groups is 1. The van der Waals surface area contributed by atoms with E-state index < -0.39 is 0 Å². The number of amides is 1. The van der Waals surface area contributed by atoms with E-state index in [9.17, 15) is 9.59 Å². The average Bonchev–Trinajstić information content (AvgIpc) is 2.27. The summed E-state index contributed by atoms with van der Waals surface area (Å²) in [5, 5.41) is 2.85. The Morgan fingerprint density at radius 1 is 1.53 bits per heavy atom. The van der Waals surface area contributed by atoms with Gasteiger partial charge in [-0.1, -0.05) is 6.92 Å². The van der Waals surface area contributed by atoms with Crippen LogP contribution in [0.15, 0.2) is 17.2 Å². The summed E-state index contributed by atoms with van der Waals surface area (Å²) in [5.74, 6) is -0.302. The van der Waals surface area contributed by atoms with Gasteiger partial charge in [0.1, 0.15) is 5.69 Å². The molecular weight excluding hydrogens is 220 g/mol. The van der Waals surface area contributed by atoms with Crippen molar-refractivity contribution in [3.63, 3.8) is 0 Å². The second kappa shape index (κ2) is 6.15. The molecule has 0 aromatic carbocycles. The largest absolute Gasteiger partial charge is 0.347 e. The first-order valence-corrected chi connectivity index (χ1v) is 5.52. The van der Waals surface area contributed by atoms with E-state index in [0.29, 0.717) is 0 Å². The highest BCUT2D eigenvalue weighted by atomic mass is 16.2. The van der Waals surface area contributed by atoms with E-state index in [1.807, 2.05) is 25.9 Å². The molecule has 17 heavy (non-hydrogen) atoms. The van der Waals surface area contributed by atoms with Gasteiger partial charge in [-0.2, -0.15) is 0 Å². The van der Waals surface area contributed by atoms with Gasteiger partial charge in [-0.25, -0.2) is 0 Å². The molecule has 0 bridgehead atoms. The molecule has 0 aliphatic rings. The van der Waals surface area contributed by atoms with Gasteiger partial charge in [0.05, 0.1) is 12.4 Å². The molecule has 0 saturated carbocycles. The van der Waals surface area contributed by atoms with Crippen molar-refractivity contribution in [3.05, 3.63) is 28.4 Å². The summed E-state index contributed by atoms with van der Waals surface area (Å²) in [6.45, 7) is 2.76. The molecule has 1 aromatic heterocycles. The molecule has 6 nitrogen and oxygen atoms in total. The number of nitrogens with one attached hydrogen (secondary N) is 2. The molecular formula is C11H18N4O2. The van der Waals surface area contributed by atoms with Crippen LogP contribution >= 0.6 is 0 Å². The molecule has 0 radical (unpaired) electrons. The molecule has 2 N–H and O–H groups in total. The predicted molar refractivity (Wildman–Crippen MR) is 65.0 cm³/mol. The van der Waals surface area contributed by atoms with E-state index in [1.54, 1.807) is 0 Å². The highest BCUT2D eigenvalue weighted by Crippen LogP contribution is 1.96. The van der Waals surface area contributed by atoms with Gasteiger partial charge in [-0.15, -0.1) is 0 Å². The van der Waals surface area contributed by atoms with Crippen molar-refractivity contribution in [2.75, 3.05) is 20.6 Å². The van der Waals surface area contributed by atoms with Gasteiger partial charge in [0.2, 0.25) is 0 Å². The SMILES string of the molecule is CCC(CN(C)C)NC(=O)c1cncc(=O)[nH]1. The summed E-state index contributed by atoms with van der Waals surface area (Å²) >= 11 is 0. The Morgan fingerprint density at radius 3 is 2.76 bits per heavy atom. The molecule has 0 fully saturated rings. The van der Waals surface area contributed by atoms with Gasteiger partial charge in [-0.3, -0.25) is 14.6 Å². The Kier molecular flexibility index (Phi) is 4.84. The minimum Gasteiger partial charge on any atom is -0.347 e. The topological polar surface area (TPSA) is 78.1 Å². The third-order valence-corrected chi connectivity index (χ3v) is 2.31. The van der Waals surface area contributed by atoms with E-state index in [0.717, 1.165) is 19.2 Å². The number of carbonyl (C=O) groups excluding carboxylic acids is 1. The fraction of sp³-hybridized carbons (Fsp3) is 0.545. The zero-order valence-corrected chi connectivity index (χ0v) is 10.4. The van der Waals surface area contributed by atoms with E-state index in [-0.39, 0.29) is 23.2 Å². The zero-order valence-electron chi connectivity index (χ0n) is 10.4. The number of hydrogen-bond donors (Lipinski definition) is 2. The van der Waals surface area contributed by atoms with Crippen molar-refractivity contribution in [2.45, 2.75) is 19.4 Å². The maximum Gasteiger partial charge on any atom is 0.269 e. The fourth-order valence-electron chi connectivity index (χ4n) is 1.47. The molecule has 1 atom stereocenters. The Balaban J connectivity index is 2.67. The third kappa shape index (κ3) is 4.36. The lowest BCUT2D eigenvalue weighted by Crippen LogP contribution is -2.41. The number of hydrogen-bond acceptors (Lipinski definition) is 4. The molecule has 1 rings (SSSR count). The number of aromatic nitrogens is 2. The molecule has 0 aliphatic heterocycles. The predicted octanol–water partition coefficient (Wildman–Crippen LogP) is -0.160. The van der Waals surface area contributed by atoms with Crippen LogP contribution in [0.4, 0.5) is 0 Å². The van der Waals surface area contributed by atoms with Crippen LogP contribution in [0, 0.1) is 0 Å². The average molecular weight is 238 g/mol. The minimum absolute atomic E-state index is 0.0567. The lowest BCUT2D eigenvalue weighted by molar-refractivity contribution is 0.0923. The first-order chi connectivity index (χ1) is 8.02. The first-order valence-electron chi connectivity index (χ1n) is 5.52. The number of likely N-dealkylation sites (N-methyl/N-ethyl adjacent to an activating group) is 1. The van der Waals surface area contributed by atoms with Crippen molar-refractivity contribution < 1.29 is 4.79 Å². The van der Waals surface area contributed by atoms with Gasteiger partial charge in [0.25, 0.3) is 11.5 Å². The third-order valence-electron chi connectivity index (χ3n) is 2.31. The molecule has 1 aromatic rings. The molecule has 6 heteroatoms. The minimum atomic E-state index is -0.377. The van der Waals surface area contributed by atoms with E-state index >= 15 is 0 Å². The highest BCUT2D eigenvalue weighted by molar-refractivity contribution is 5.92. The van der Waals surface area contributed by atoms with Crippen LogP contribution in [0.5, 0.6) is 0 Å². The molecule has 1 amide bonds. The molecule has 1 unspecified atom stereocenters. The van der Waals surface area contributed by atoms with Crippen LogP contribution in [0.3, 0.4) is 0 Å². The highest BCUT2D eigenvalue weighted by Gasteiger charge is 2.13. The second-order valence-electron chi connectivity index (χ2n) is 4.15. The monoisotopic (exact) mass is 238 g/mol. The van der Waals surface area contributed by atoms with Crippen molar-refractivity contribution in [1.29, 1.82) is 0 Å². The summed E-state index contributed by atoms with van der Waals surface area (Å²) < 4.78 is 0. The summed E-state index contributed by atoms with van der Waals surface area (Å²) in [6.07, 6.45) is 3.31. The number of nitrogens with zero attached hydrogens (tertiary/aromatic N) is 2. The van der Waals surface area contributed by atoms with Crippen molar-refractivity contribution in [3.8, 4) is 0 Å². The van der Waals surface area contributed by atoms with Gasteiger partial charge < -0.3 is 15.2 Å². The molecule has 94 valence electrons. The maximum atomic E-state index is 11.8. The smallest absolute Gasteiger partial charge is 0.269 e. The normalized spacial score (nSPS) is 12.5. The summed E-state index contributed by atoms with van der Waals surface area (Å²) in [7, 11) is 3.89. The lowest BCUT2D eigenvalue weighted by atomic mass is 10.2. The summed E-state index contributed by atoms with van der Waals surface area (Å²) in [4.78, 5) is 31.0. The van der Waals surface area contributed by atoms with E-state index in [4.69, 9.17) is 0 Å². The summed E-state index contributed by atoms with van der Waals surface area (Å²) in [6, 6.07) is 0.0567. The standard InChI is InChI=1S/C11H18N4O2/c1-4-8(7-15(2)3)13-11(17)9-5-12-6-10(16)14-9/h5-6,8H,4,7H2,1-3H3,(H,13,17)(H,14,16). The molecule has 0 spiro atoms. The Morgan fingerprint density at radius 2 is 2.24 bits per heavy atom. The van der Waals surface area contributed by atoms with Gasteiger partial charge >= 0.3 is 0 Å². The Bertz CT molecular complexity index is 427. The fourth-order valence-corrected chi connectivity index (χ4v) is 1.47. The van der Waals surface area contributed by atoms with Gasteiger partial charge in [0.15, 0.2) is 0 Å². The zero-order chi connectivity index (χ0) is 12.8. The second-order valence-corrected chi connectivity index (χ2v) is 4.15. The number of aromatic amines is 1. The Labute approximate surface area is 100 Å². The first kappa shape index (κ1) is 13.4. The van der Waals surface area contributed by atoms with Crippen LogP contribution in [-0.4, -0.2) is 47.5 Å². The Hall–Kier alpha value is -1.69.